The number of hydrogen-bond donors (Lipinski definition) is 1. The Bertz CT molecular complexity index is 843. The van der Waals surface area contributed by atoms with Crippen molar-refractivity contribution in [3.8, 4) is 5.69 Å². The summed E-state index contributed by atoms with van der Waals surface area (Å²) in [5.41, 5.74) is 2.04. The van der Waals surface area contributed by atoms with Gasteiger partial charge in [0.25, 0.3) is 5.91 Å². The molecule has 0 aliphatic carbocycles. The number of imidazole rings is 1. The summed E-state index contributed by atoms with van der Waals surface area (Å²) in [6, 6.07) is 14.2. The van der Waals surface area contributed by atoms with Crippen LogP contribution in [-0.4, -0.2) is 25.9 Å². The lowest BCUT2D eigenvalue weighted by Gasteiger charge is -2.11. The van der Waals surface area contributed by atoms with E-state index in [1.54, 1.807) is 43.0 Å². The van der Waals surface area contributed by atoms with Crippen molar-refractivity contribution in [3.63, 3.8) is 0 Å². The van der Waals surface area contributed by atoms with Gasteiger partial charge in [0.1, 0.15) is 0 Å². The van der Waals surface area contributed by atoms with E-state index >= 15 is 0 Å². The Morgan fingerprint density at radius 2 is 1.87 bits per heavy atom. The molecule has 116 valence electrons. The van der Waals surface area contributed by atoms with Crippen LogP contribution in [0.1, 0.15) is 10.4 Å². The molecule has 3 aromatic rings. The predicted molar refractivity (Wildman–Crippen MR) is 90.3 cm³/mol. The maximum atomic E-state index is 12.4. The van der Waals surface area contributed by atoms with Crippen LogP contribution in [0.2, 0.25) is 0 Å². The molecule has 1 heterocycles. The molecule has 0 bridgehead atoms. The molecule has 1 atom stereocenters. The molecule has 2 aromatic carbocycles. The average molecular weight is 325 g/mol. The van der Waals surface area contributed by atoms with Crippen LogP contribution in [0.5, 0.6) is 0 Å². The fraction of sp³-hybridized carbons (Fsp3) is 0.0588. The molecule has 0 spiro atoms. The number of amides is 1. The Labute approximate surface area is 136 Å². The summed E-state index contributed by atoms with van der Waals surface area (Å²) in [6.45, 7) is 0. The van der Waals surface area contributed by atoms with Gasteiger partial charge in [0.2, 0.25) is 0 Å². The van der Waals surface area contributed by atoms with Crippen LogP contribution in [0.4, 0.5) is 5.69 Å². The van der Waals surface area contributed by atoms with Gasteiger partial charge in [-0.1, -0.05) is 12.1 Å². The molecule has 6 heteroatoms. The van der Waals surface area contributed by atoms with Gasteiger partial charge in [0.05, 0.1) is 17.7 Å². The minimum absolute atomic E-state index is 0.217. The molecule has 23 heavy (non-hydrogen) atoms. The zero-order chi connectivity index (χ0) is 16.2. The van der Waals surface area contributed by atoms with E-state index in [9.17, 15) is 9.00 Å². The Balaban J connectivity index is 1.85. The zero-order valence-corrected chi connectivity index (χ0v) is 13.3. The van der Waals surface area contributed by atoms with Crippen molar-refractivity contribution in [2.75, 3.05) is 11.6 Å². The van der Waals surface area contributed by atoms with Crippen molar-refractivity contribution in [1.82, 2.24) is 9.55 Å². The van der Waals surface area contributed by atoms with Gasteiger partial charge in [-0.15, -0.1) is 0 Å². The van der Waals surface area contributed by atoms with Crippen LogP contribution < -0.4 is 5.32 Å². The first-order chi connectivity index (χ1) is 11.1. The van der Waals surface area contributed by atoms with E-state index in [0.29, 0.717) is 16.1 Å². The van der Waals surface area contributed by atoms with E-state index in [1.165, 1.54) is 0 Å². The van der Waals surface area contributed by atoms with Crippen LogP contribution in [0.15, 0.2) is 72.1 Å². The summed E-state index contributed by atoms with van der Waals surface area (Å²) in [5.74, 6) is -0.217. The standard InChI is InChI=1S/C17H15N3O2S/c1-23(22)14-8-6-13(7-9-14)17(21)19-15-4-2-3-5-16(15)20-11-10-18-12-20/h2-12H,1H3,(H,19,21). The van der Waals surface area contributed by atoms with Crippen molar-refractivity contribution in [3.05, 3.63) is 72.8 Å². The lowest BCUT2D eigenvalue weighted by Crippen LogP contribution is -2.13. The summed E-state index contributed by atoms with van der Waals surface area (Å²) in [5, 5.41) is 2.90. The fourth-order valence-corrected chi connectivity index (χ4v) is 2.72. The van der Waals surface area contributed by atoms with E-state index in [4.69, 9.17) is 0 Å². The van der Waals surface area contributed by atoms with E-state index in [2.05, 4.69) is 10.3 Å². The molecule has 0 fully saturated rings. The van der Waals surface area contributed by atoms with Gasteiger partial charge in [-0.25, -0.2) is 4.98 Å². The number of para-hydroxylation sites is 2. The monoisotopic (exact) mass is 325 g/mol. The number of aromatic nitrogens is 2. The maximum Gasteiger partial charge on any atom is 0.255 e. The van der Waals surface area contributed by atoms with Crippen molar-refractivity contribution in [2.45, 2.75) is 4.90 Å². The molecule has 1 N–H and O–H groups in total. The van der Waals surface area contributed by atoms with Crippen molar-refractivity contribution >= 4 is 22.4 Å². The SMILES string of the molecule is CS(=O)c1ccc(C(=O)Nc2ccccc2-n2ccnc2)cc1. The number of carbonyl (C=O) groups is 1. The van der Waals surface area contributed by atoms with E-state index in [-0.39, 0.29) is 5.91 Å². The largest absolute Gasteiger partial charge is 0.320 e. The quantitative estimate of drug-likeness (QED) is 0.802. The first kappa shape index (κ1) is 15.2. The van der Waals surface area contributed by atoms with Gasteiger partial charge in [-0.3, -0.25) is 9.00 Å². The summed E-state index contributed by atoms with van der Waals surface area (Å²) < 4.78 is 13.2. The topological polar surface area (TPSA) is 64.0 Å². The van der Waals surface area contributed by atoms with Crippen molar-refractivity contribution < 1.29 is 9.00 Å². The molecule has 0 saturated heterocycles. The third-order valence-electron chi connectivity index (χ3n) is 3.38. The Morgan fingerprint density at radius 1 is 1.13 bits per heavy atom. The molecule has 0 aliphatic heterocycles. The molecule has 1 amide bonds. The lowest BCUT2D eigenvalue weighted by atomic mass is 10.2. The van der Waals surface area contributed by atoms with Crippen LogP contribution in [0.25, 0.3) is 5.69 Å². The number of nitrogens with one attached hydrogen (secondary N) is 1. The van der Waals surface area contributed by atoms with Crippen molar-refractivity contribution in [2.24, 2.45) is 0 Å². The van der Waals surface area contributed by atoms with E-state index < -0.39 is 10.8 Å². The van der Waals surface area contributed by atoms with Gasteiger partial charge < -0.3 is 9.88 Å². The molecular weight excluding hydrogens is 310 g/mol. The number of benzene rings is 2. The van der Waals surface area contributed by atoms with Gasteiger partial charge in [-0.2, -0.15) is 0 Å². The normalized spacial score (nSPS) is 11.9. The van der Waals surface area contributed by atoms with Gasteiger partial charge in [0.15, 0.2) is 0 Å². The van der Waals surface area contributed by atoms with Gasteiger partial charge >= 0.3 is 0 Å². The maximum absolute atomic E-state index is 12.4. The van der Waals surface area contributed by atoms with Crippen LogP contribution in [0.3, 0.4) is 0 Å². The Hall–Kier alpha value is -2.73. The fourth-order valence-electron chi connectivity index (χ4n) is 2.20. The van der Waals surface area contributed by atoms with Crippen LogP contribution in [-0.2, 0) is 10.8 Å². The molecule has 5 nitrogen and oxygen atoms in total. The highest BCUT2D eigenvalue weighted by Gasteiger charge is 2.10. The first-order valence-electron chi connectivity index (χ1n) is 6.97. The summed E-state index contributed by atoms with van der Waals surface area (Å²) >= 11 is 0. The predicted octanol–water partition coefficient (Wildman–Crippen LogP) is 2.86. The second-order valence-electron chi connectivity index (χ2n) is 4.92. The number of hydrogen-bond acceptors (Lipinski definition) is 3. The lowest BCUT2D eigenvalue weighted by molar-refractivity contribution is 0.102. The van der Waals surface area contributed by atoms with Crippen molar-refractivity contribution in [1.29, 1.82) is 0 Å². The molecule has 3 rings (SSSR count). The summed E-state index contributed by atoms with van der Waals surface area (Å²) in [6.07, 6.45) is 6.78. The zero-order valence-electron chi connectivity index (χ0n) is 12.5. The van der Waals surface area contributed by atoms with E-state index in [1.807, 2.05) is 35.0 Å². The van der Waals surface area contributed by atoms with E-state index in [0.717, 1.165) is 5.69 Å². The molecule has 0 aliphatic rings. The molecule has 0 saturated carbocycles. The number of anilines is 1. The number of rotatable bonds is 4. The third-order valence-corrected chi connectivity index (χ3v) is 4.32. The van der Waals surface area contributed by atoms with Crippen LogP contribution >= 0.6 is 0 Å². The van der Waals surface area contributed by atoms with Crippen LogP contribution in [0, 0.1) is 0 Å². The third kappa shape index (κ3) is 3.37. The van der Waals surface area contributed by atoms with Gasteiger partial charge in [0, 0.05) is 39.9 Å². The minimum Gasteiger partial charge on any atom is -0.320 e. The number of nitrogens with zero attached hydrogens (tertiary/aromatic N) is 2. The highest BCUT2D eigenvalue weighted by atomic mass is 32.2. The molecule has 1 unspecified atom stereocenters. The Morgan fingerprint density at radius 3 is 2.52 bits per heavy atom. The highest BCUT2D eigenvalue weighted by molar-refractivity contribution is 7.84. The summed E-state index contributed by atoms with van der Waals surface area (Å²) in [7, 11) is -1.05. The minimum atomic E-state index is -1.05. The molecule has 0 radical (unpaired) electrons. The Kier molecular flexibility index (Phi) is 4.34. The average Bonchev–Trinajstić information content (AvgIpc) is 3.09. The second-order valence-corrected chi connectivity index (χ2v) is 6.30. The molecule has 1 aromatic heterocycles. The highest BCUT2D eigenvalue weighted by Crippen LogP contribution is 2.20. The molecular formula is C17H15N3O2S. The smallest absolute Gasteiger partial charge is 0.255 e. The first-order valence-corrected chi connectivity index (χ1v) is 8.53. The second kappa shape index (κ2) is 6.58. The number of carbonyl (C=O) groups excluding carboxylic acids is 1. The van der Waals surface area contributed by atoms with Gasteiger partial charge in [-0.05, 0) is 36.4 Å². The summed E-state index contributed by atoms with van der Waals surface area (Å²) in [4.78, 5) is 17.1.